The van der Waals surface area contributed by atoms with Crippen molar-refractivity contribution in [3.05, 3.63) is 205 Å². The molecule has 0 saturated carbocycles. The molecule has 0 N–H and O–H groups in total. The zero-order chi connectivity index (χ0) is 38.2. The summed E-state index contributed by atoms with van der Waals surface area (Å²) in [4.78, 5) is 2.42. The van der Waals surface area contributed by atoms with Crippen LogP contribution in [0.4, 0.5) is 11.4 Å². The molecule has 3 aliphatic rings. The first-order valence-electron chi connectivity index (χ1n) is 20.0. The number of hydrogen-bond acceptors (Lipinski definition) is 1. The Morgan fingerprint density at radius 3 is 2.14 bits per heavy atom. The molecular weight excluding hydrogens is 679 g/mol. The molecule has 3 heteroatoms. The van der Waals surface area contributed by atoms with Gasteiger partial charge in [0.05, 0.1) is 16.7 Å². The van der Waals surface area contributed by atoms with E-state index < -0.39 is 0 Å². The molecule has 56 heavy (non-hydrogen) atoms. The van der Waals surface area contributed by atoms with E-state index in [0.717, 1.165) is 17.1 Å². The summed E-state index contributed by atoms with van der Waals surface area (Å²) in [5.41, 5.74) is 14.7. The highest BCUT2D eigenvalue weighted by Gasteiger charge is 2.41. The zero-order valence-electron chi connectivity index (χ0n) is 32.8. The predicted molar refractivity (Wildman–Crippen MR) is 236 cm³/mol. The van der Waals surface area contributed by atoms with E-state index in [4.69, 9.17) is 0 Å². The van der Waals surface area contributed by atoms with E-state index in [0.29, 0.717) is 11.8 Å². The van der Waals surface area contributed by atoms with Crippen molar-refractivity contribution < 1.29 is 0 Å². The molecule has 7 aromatic rings. The van der Waals surface area contributed by atoms with Crippen molar-refractivity contribution in [2.24, 2.45) is 17.3 Å². The Kier molecular flexibility index (Phi) is 7.87. The van der Waals surface area contributed by atoms with Crippen LogP contribution in [0.5, 0.6) is 0 Å². The number of benzene rings is 5. The molecule has 0 spiro atoms. The van der Waals surface area contributed by atoms with Gasteiger partial charge in [-0.15, -0.1) is 0 Å². The van der Waals surface area contributed by atoms with Crippen LogP contribution < -0.4 is 4.90 Å². The van der Waals surface area contributed by atoms with Gasteiger partial charge in [0, 0.05) is 56.7 Å². The van der Waals surface area contributed by atoms with Crippen LogP contribution in [-0.2, 0) is 5.41 Å². The SMILES string of the molecule is C/C=C(\C=C/C1=CC(C)(C)C2C=CC=CC12)N(c1ccc(-c2ccccc2)cc1)c1ccc2c(c1)c1cn3c(c1n2-c1ccccc1)C(C)(C)c1ccccc1-3. The molecular formula is C53H47N3. The maximum absolute atomic E-state index is 2.49. The Morgan fingerprint density at radius 1 is 0.696 bits per heavy atom. The summed E-state index contributed by atoms with van der Waals surface area (Å²) in [5, 5.41) is 2.51. The largest absolute Gasteiger partial charge is 0.317 e. The van der Waals surface area contributed by atoms with Crippen LogP contribution >= 0.6 is 0 Å². The normalized spacial score (nSPS) is 19.1. The van der Waals surface area contributed by atoms with Crippen LogP contribution in [0.1, 0.15) is 45.9 Å². The summed E-state index contributed by atoms with van der Waals surface area (Å²) in [7, 11) is 0. The molecule has 5 aromatic carbocycles. The molecule has 0 radical (unpaired) electrons. The van der Waals surface area contributed by atoms with Gasteiger partial charge in [-0.05, 0) is 95.1 Å². The molecule has 0 fully saturated rings. The summed E-state index contributed by atoms with van der Waals surface area (Å²) in [6.07, 6.45) is 21.0. The van der Waals surface area contributed by atoms with Gasteiger partial charge < -0.3 is 14.0 Å². The van der Waals surface area contributed by atoms with Gasteiger partial charge >= 0.3 is 0 Å². The van der Waals surface area contributed by atoms with Crippen molar-refractivity contribution in [3.63, 3.8) is 0 Å². The van der Waals surface area contributed by atoms with Crippen molar-refractivity contribution in [1.82, 2.24) is 9.13 Å². The molecule has 3 heterocycles. The summed E-state index contributed by atoms with van der Waals surface area (Å²) < 4.78 is 4.94. The Morgan fingerprint density at radius 2 is 1.38 bits per heavy atom. The zero-order valence-corrected chi connectivity index (χ0v) is 32.8. The lowest BCUT2D eigenvalue weighted by atomic mass is 9.75. The van der Waals surface area contributed by atoms with Crippen molar-refractivity contribution in [2.75, 3.05) is 4.90 Å². The number of allylic oxidation sites excluding steroid dienone is 9. The van der Waals surface area contributed by atoms with Gasteiger partial charge in [0.2, 0.25) is 0 Å². The van der Waals surface area contributed by atoms with E-state index in [9.17, 15) is 0 Å². The molecule has 10 rings (SSSR count). The first kappa shape index (κ1) is 34.2. The van der Waals surface area contributed by atoms with Crippen LogP contribution in [0, 0.1) is 17.3 Å². The van der Waals surface area contributed by atoms with Gasteiger partial charge in [0.25, 0.3) is 0 Å². The molecule has 274 valence electrons. The molecule has 0 bridgehead atoms. The number of rotatable bonds is 7. The highest BCUT2D eigenvalue weighted by Crippen LogP contribution is 2.51. The lowest BCUT2D eigenvalue weighted by Crippen LogP contribution is -2.21. The monoisotopic (exact) mass is 725 g/mol. The fourth-order valence-electron chi connectivity index (χ4n) is 9.87. The summed E-state index contributed by atoms with van der Waals surface area (Å²) in [6, 6.07) is 46.5. The van der Waals surface area contributed by atoms with Gasteiger partial charge in [-0.25, -0.2) is 0 Å². The average Bonchev–Trinajstić information content (AvgIpc) is 3.91. The van der Waals surface area contributed by atoms with E-state index in [1.54, 1.807) is 0 Å². The van der Waals surface area contributed by atoms with Gasteiger partial charge in [-0.3, -0.25) is 0 Å². The third kappa shape index (κ3) is 5.25. The standard InChI is InChI=1S/C53H47N3/c1-6-39(28-27-38-34-52(2,3)46-22-14-13-21-43(38)46)55(41-29-25-37(26-30-41)36-17-9-7-10-18-36)42-31-32-48-44(33-42)45-35-54-49-24-16-15-23-47(49)53(4,5)51(54)50(45)56(48)40-19-11-8-12-20-40/h6-35,43,46H,1-5H3/b28-27-,39-6+. The van der Waals surface area contributed by atoms with E-state index in [-0.39, 0.29) is 10.8 Å². The van der Waals surface area contributed by atoms with E-state index in [1.165, 1.54) is 61.1 Å². The first-order valence-corrected chi connectivity index (χ1v) is 20.0. The molecule has 2 atom stereocenters. The van der Waals surface area contributed by atoms with Gasteiger partial charge in [0.15, 0.2) is 0 Å². The Balaban J connectivity index is 1.16. The molecule has 1 aliphatic heterocycles. The Bertz CT molecular complexity index is 2800. The number of aromatic nitrogens is 2. The fourth-order valence-corrected chi connectivity index (χ4v) is 9.87. The second-order valence-electron chi connectivity index (χ2n) is 16.7. The molecule has 0 amide bonds. The smallest absolute Gasteiger partial charge is 0.0763 e. The lowest BCUT2D eigenvalue weighted by molar-refractivity contribution is 0.331. The van der Waals surface area contributed by atoms with E-state index in [1.807, 2.05) is 0 Å². The summed E-state index contributed by atoms with van der Waals surface area (Å²) in [6.45, 7) is 11.6. The Hall–Kier alpha value is -6.32. The highest BCUT2D eigenvalue weighted by molar-refractivity contribution is 6.12. The topological polar surface area (TPSA) is 13.1 Å². The van der Waals surface area contributed by atoms with Gasteiger partial charge in [0.1, 0.15) is 0 Å². The molecule has 2 unspecified atom stereocenters. The minimum atomic E-state index is -0.163. The third-order valence-corrected chi connectivity index (χ3v) is 12.6. The number of nitrogens with zero attached hydrogens (tertiary/aromatic N) is 3. The molecule has 2 aromatic heterocycles. The minimum absolute atomic E-state index is 0.101. The van der Waals surface area contributed by atoms with Crippen LogP contribution in [0.3, 0.4) is 0 Å². The maximum Gasteiger partial charge on any atom is 0.0763 e. The van der Waals surface area contributed by atoms with Crippen LogP contribution in [-0.4, -0.2) is 9.13 Å². The van der Waals surface area contributed by atoms with Crippen LogP contribution in [0.15, 0.2) is 193 Å². The predicted octanol–water partition coefficient (Wildman–Crippen LogP) is 13.8. The third-order valence-electron chi connectivity index (χ3n) is 12.6. The van der Waals surface area contributed by atoms with E-state index in [2.05, 4.69) is 231 Å². The average molecular weight is 726 g/mol. The Labute approximate surface area is 330 Å². The van der Waals surface area contributed by atoms with Crippen molar-refractivity contribution in [2.45, 2.75) is 40.0 Å². The molecule has 0 saturated heterocycles. The summed E-state index contributed by atoms with van der Waals surface area (Å²) in [5.74, 6) is 0.860. The van der Waals surface area contributed by atoms with Gasteiger partial charge in [-0.1, -0.05) is 149 Å². The van der Waals surface area contributed by atoms with Gasteiger partial charge in [-0.2, -0.15) is 0 Å². The second-order valence-corrected chi connectivity index (χ2v) is 16.7. The quantitative estimate of drug-likeness (QED) is 0.149. The van der Waals surface area contributed by atoms with Crippen molar-refractivity contribution in [3.8, 4) is 22.5 Å². The minimum Gasteiger partial charge on any atom is -0.317 e. The highest BCUT2D eigenvalue weighted by atomic mass is 15.1. The second kappa shape index (κ2) is 12.9. The number of fused-ring (bicyclic) bond motifs is 8. The van der Waals surface area contributed by atoms with Crippen molar-refractivity contribution in [1.29, 1.82) is 0 Å². The molecule has 3 nitrogen and oxygen atoms in total. The molecule has 2 aliphatic carbocycles. The maximum atomic E-state index is 2.49. The first-order chi connectivity index (χ1) is 27.2. The number of anilines is 2. The summed E-state index contributed by atoms with van der Waals surface area (Å²) >= 11 is 0. The van der Waals surface area contributed by atoms with Crippen LogP contribution in [0.2, 0.25) is 0 Å². The van der Waals surface area contributed by atoms with Crippen LogP contribution in [0.25, 0.3) is 44.3 Å². The fraction of sp³-hybridized carbons (Fsp3) is 0.170. The number of para-hydroxylation sites is 2. The van der Waals surface area contributed by atoms with Crippen molar-refractivity contribution >= 4 is 33.2 Å². The number of hydrogen-bond donors (Lipinski definition) is 0. The van der Waals surface area contributed by atoms with E-state index >= 15 is 0 Å². The lowest BCUT2D eigenvalue weighted by Gasteiger charge is -2.29.